The largest absolute Gasteiger partial charge is 0.353 e. The quantitative estimate of drug-likeness (QED) is 0.849. The zero-order valence-electron chi connectivity index (χ0n) is 14.1. The van der Waals surface area contributed by atoms with E-state index in [1.807, 2.05) is 0 Å². The number of halogens is 2. The van der Waals surface area contributed by atoms with E-state index in [2.05, 4.69) is 24.5 Å². The van der Waals surface area contributed by atoms with Crippen LogP contribution in [0.15, 0.2) is 18.2 Å². The van der Waals surface area contributed by atoms with Crippen LogP contribution in [0.5, 0.6) is 0 Å². The third kappa shape index (κ3) is 4.94. The molecule has 0 spiro atoms. The molecule has 1 saturated carbocycles. The number of nitrogens with one attached hydrogen (secondary N) is 2. The van der Waals surface area contributed by atoms with Crippen LogP contribution in [0.25, 0.3) is 0 Å². The molecule has 0 heterocycles. The van der Waals surface area contributed by atoms with Crippen LogP contribution in [-0.2, 0) is 4.79 Å². The molecule has 4 nitrogen and oxygen atoms in total. The highest BCUT2D eigenvalue weighted by molar-refractivity contribution is 6.33. The molecular formula is C18H24ClFN2O2. The van der Waals surface area contributed by atoms with Gasteiger partial charge >= 0.3 is 0 Å². The molecule has 0 saturated heterocycles. The second-order valence-electron chi connectivity index (χ2n) is 6.57. The summed E-state index contributed by atoms with van der Waals surface area (Å²) in [5, 5.41) is 5.76. The molecule has 0 aliphatic heterocycles. The van der Waals surface area contributed by atoms with Crippen LogP contribution in [0.1, 0.15) is 49.9 Å². The molecule has 3 unspecified atom stereocenters. The van der Waals surface area contributed by atoms with Gasteiger partial charge in [0.05, 0.1) is 10.6 Å². The summed E-state index contributed by atoms with van der Waals surface area (Å²) in [7, 11) is 0. The van der Waals surface area contributed by atoms with Crippen molar-refractivity contribution in [2.75, 3.05) is 6.54 Å². The smallest absolute Gasteiger partial charge is 0.252 e. The Morgan fingerprint density at radius 1 is 1.29 bits per heavy atom. The molecule has 6 heteroatoms. The second-order valence-corrected chi connectivity index (χ2v) is 6.98. The van der Waals surface area contributed by atoms with Gasteiger partial charge in [0.1, 0.15) is 5.82 Å². The third-order valence-corrected chi connectivity index (χ3v) is 5.18. The number of hydrogen-bond donors (Lipinski definition) is 2. The third-order valence-electron chi connectivity index (χ3n) is 4.87. The Balaban J connectivity index is 1.77. The molecule has 2 amide bonds. The summed E-state index contributed by atoms with van der Waals surface area (Å²) < 4.78 is 13.0. The predicted molar refractivity (Wildman–Crippen MR) is 92.5 cm³/mol. The lowest BCUT2D eigenvalue weighted by molar-refractivity contribution is -0.122. The Kier molecular flexibility index (Phi) is 6.60. The minimum Gasteiger partial charge on any atom is -0.353 e. The lowest BCUT2D eigenvalue weighted by Crippen LogP contribution is -2.44. The van der Waals surface area contributed by atoms with E-state index in [4.69, 9.17) is 11.6 Å². The summed E-state index contributed by atoms with van der Waals surface area (Å²) in [5.74, 6) is 0.116. The van der Waals surface area contributed by atoms with Crippen molar-refractivity contribution in [3.63, 3.8) is 0 Å². The molecule has 1 aromatic carbocycles. The van der Waals surface area contributed by atoms with Crippen LogP contribution >= 0.6 is 11.6 Å². The van der Waals surface area contributed by atoms with E-state index in [1.54, 1.807) is 0 Å². The number of carbonyl (C=O) groups is 2. The van der Waals surface area contributed by atoms with Gasteiger partial charge in [0.15, 0.2) is 0 Å². The lowest BCUT2D eigenvalue weighted by atomic mass is 9.78. The molecule has 2 N–H and O–H groups in total. The van der Waals surface area contributed by atoms with E-state index >= 15 is 0 Å². The SMILES string of the molecule is CC1CCCC(NC(=O)CCNC(=O)c2ccc(F)cc2Cl)C1C. The van der Waals surface area contributed by atoms with Gasteiger partial charge < -0.3 is 10.6 Å². The van der Waals surface area contributed by atoms with Gasteiger partial charge in [0, 0.05) is 19.0 Å². The number of carbonyl (C=O) groups excluding carboxylic acids is 2. The van der Waals surface area contributed by atoms with E-state index in [-0.39, 0.29) is 35.5 Å². The summed E-state index contributed by atoms with van der Waals surface area (Å²) in [6, 6.07) is 3.81. The topological polar surface area (TPSA) is 58.2 Å². The summed E-state index contributed by atoms with van der Waals surface area (Å²) in [4.78, 5) is 24.0. The van der Waals surface area contributed by atoms with Gasteiger partial charge in [0.25, 0.3) is 5.91 Å². The fourth-order valence-corrected chi connectivity index (χ4v) is 3.38. The van der Waals surface area contributed by atoms with Crippen molar-refractivity contribution in [3.8, 4) is 0 Å². The molecule has 2 rings (SSSR count). The lowest BCUT2D eigenvalue weighted by Gasteiger charge is -2.34. The van der Waals surface area contributed by atoms with Crippen LogP contribution in [0.3, 0.4) is 0 Å². The first kappa shape index (κ1) is 18.7. The molecule has 1 fully saturated rings. The molecule has 0 aromatic heterocycles. The van der Waals surface area contributed by atoms with E-state index in [9.17, 15) is 14.0 Å². The van der Waals surface area contributed by atoms with Crippen molar-refractivity contribution in [1.29, 1.82) is 0 Å². The summed E-state index contributed by atoms with van der Waals surface area (Å²) in [5.41, 5.74) is 0.202. The van der Waals surface area contributed by atoms with Gasteiger partial charge in [-0.2, -0.15) is 0 Å². The maximum absolute atomic E-state index is 13.0. The zero-order chi connectivity index (χ0) is 17.7. The van der Waals surface area contributed by atoms with E-state index in [0.29, 0.717) is 11.8 Å². The van der Waals surface area contributed by atoms with Crippen molar-refractivity contribution >= 4 is 23.4 Å². The maximum Gasteiger partial charge on any atom is 0.252 e. The molecule has 1 aliphatic rings. The normalized spacial score (nSPS) is 23.6. The van der Waals surface area contributed by atoms with E-state index in [1.165, 1.54) is 18.6 Å². The summed E-state index contributed by atoms with van der Waals surface area (Å²) in [6.07, 6.45) is 3.56. The Hall–Kier alpha value is -1.62. The monoisotopic (exact) mass is 354 g/mol. The first-order chi connectivity index (χ1) is 11.4. The fourth-order valence-electron chi connectivity index (χ4n) is 3.12. The minimum atomic E-state index is -0.494. The molecule has 0 radical (unpaired) electrons. The highest BCUT2D eigenvalue weighted by atomic mass is 35.5. The summed E-state index contributed by atoms with van der Waals surface area (Å²) >= 11 is 5.84. The maximum atomic E-state index is 13.0. The van der Waals surface area contributed by atoms with E-state index in [0.717, 1.165) is 18.9 Å². The van der Waals surface area contributed by atoms with Crippen LogP contribution < -0.4 is 10.6 Å². The van der Waals surface area contributed by atoms with Gasteiger partial charge in [-0.25, -0.2) is 4.39 Å². The number of rotatable bonds is 5. The van der Waals surface area contributed by atoms with Gasteiger partial charge in [-0.05, 0) is 36.5 Å². The van der Waals surface area contributed by atoms with Crippen molar-refractivity contribution in [1.82, 2.24) is 10.6 Å². The standard InChI is InChI=1S/C18H24ClFN2O2/c1-11-4-3-5-16(12(11)2)22-17(23)8-9-21-18(24)14-7-6-13(20)10-15(14)19/h6-7,10-12,16H,3-5,8-9H2,1-2H3,(H,21,24)(H,22,23). The van der Waals surface area contributed by atoms with Crippen LogP contribution in [0.4, 0.5) is 4.39 Å². The molecule has 24 heavy (non-hydrogen) atoms. The minimum absolute atomic E-state index is 0.0574. The van der Waals surface area contributed by atoms with Gasteiger partial charge in [-0.1, -0.05) is 38.3 Å². The average molecular weight is 355 g/mol. The number of amides is 2. The molecule has 0 bridgehead atoms. The number of benzene rings is 1. The van der Waals surface area contributed by atoms with Crippen molar-refractivity contribution in [3.05, 3.63) is 34.6 Å². The Morgan fingerprint density at radius 3 is 2.75 bits per heavy atom. The molecular weight excluding hydrogens is 331 g/mol. The van der Waals surface area contributed by atoms with Crippen molar-refractivity contribution in [2.24, 2.45) is 11.8 Å². The van der Waals surface area contributed by atoms with Gasteiger partial charge in [0.2, 0.25) is 5.91 Å². The predicted octanol–water partition coefficient (Wildman–Crippen LogP) is 3.54. The highest BCUT2D eigenvalue weighted by Crippen LogP contribution is 2.29. The molecule has 132 valence electrons. The second kappa shape index (κ2) is 8.47. The Labute approximate surface area is 147 Å². The molecule has 1 aliphatic carbocycles. The Bertz CT molecular complexity index is 609. The van der Waals surface area contributed by atoms with Gasteiger partial charge in [-0.3, -0.25) is 9.59 Å². The van der Waals surface area contributed by atoms with Crippen molar-refractivity contribution < 1.29 is 14.0 Å². The van der Waals surface area contributed by atoms with Crippen LogP contribution in [0, 0.1) is 17.7 Å². The first-order valence-electron chi connectivity index (χ1n) is 8.41. The van der Waals surface area contributed by atoms with Crippen molar-refractivity contribution in [2.45, 2.75) is 45.6 Å². The number of hydrogen-bond acceptors (Lipinski definition) is 2. The summed E-state index contributed by atoms with van der Waals surface area (Å²) in [6.45, 7) is 4.61. The highest BCUT2D eigenvalue weighted by Gasteiger charge is 2.27. The average Bonchev–Trinajstić information content (AvgIpc) is 2.51. The fraction of sp³-hybridized carbons (Fsp3) is 0.556. The van der Waals surface area contributed by atoms with E-state index < -0.39 is 11.7 Å². The Morgan fingerprint density at radius 2 is 2.04 bits per heavy atom. The molecule has 1 aromatic rings. The molecule has 3 atom stereocenters. The van der Waals surface area contributed by atoms with Crippen LogP contribution in [-0.4, -0.2) is 24.4 Å². The van der Waals surface area contributed by atoms with Gasteiger partial charge in [-0.15, -0.1) is 0 Å². The first-order valence-corrected chi connectivity index (χ1v) is 8.79. The van der Waals surface area contributed by atoms with Crippen LogP contribution in [0.2, 0.25) is 5.02 Å². The zero-order valence-corrected chi connectivity index (χ0v) is 14.8.